The molecule has 1 aliphatic carbocycles. The van der Waals surface area contributed by atoms with Crippen molar-refractivity contribution in [2.75, 3.05) is 17.2 Å². The zero-order valence-electron chi connectivity index (χ0n) is 14.8. The molecule has 0 spiro atoms. The van der Waals surface area contributed by atoms with Gasteiger partial charge in [0.25, 0.3) is 0 Å². The molecule has 0 saturated heterocycles. The number of anilines is 2. The van der Waals surface area contributed by atoms with Crippen LogP contribution in [0.2, 0.25) is 5.02 Å². The van der Waals surface area contributed by atoms with Gasteiger partial charge in [0, 0.05) is 16.4 Å². The monoisotopic (exact) mass is 372 g/mol. The van der Waals surface area contributed by atoms with Gasteiger partial charge in [0.1, 0.15) is 5.75 Å². The number of hydrogen-bond acceptors (Lipinski definition) is 2. The Labute approximate surface area is 159 Å². The first-order chi connectivity index (χ1) is 12.7. The highest BCUT2D eigenvalue weighted by molar-refractivity contribution is 6.30. The van der Waals surface area contributed by atoms with Crippen molar-refractivity contribution in [2.24, 2.45) is 5.92 Å². The van der Waals surface area contributed by atoms with Crippen LogP contribution in [0.3, 0.4) is 0 Å². The molecule has 0 heterocycles. The molecule has 2 N–H and O–H groups in total. The van der Waals surface area contributed by atoms with E-state index in [0.29, 0.717) is 16.4 Å². The molecule has 0 unspecified atom stereocenters. The fourth-order valence-electron chi connectivity index (χ4n) is 3.31. The molecule has 0 atom stereocenters. The maximum absolute atomic E-state index is 12.0. The average molecular weight is 373 g/mol. The number of benzene rings is 2. The molecule has 2 aromatic rings. The Morgan fingerprint density at radius 2 is 1.73 bits per heavy atom. The molecule has 3 rings (SSSR count). The van der Waals surface area contributed by atoms with Crippen LogP contribution < -0.4 is 15.4 Å². The molecule has 4 nitrogen and oxygen atoms in total. The van der Waals surface area contributed by atoms with Crippen molar-refractivity contribution >= 4 is 29.0 Å². The molecule has 1 aliphatic rings. The molecule has 0 aliphatic heterocycles. The average Bonchev–Trinajstić information content (AvgIpc) is 2.64. The smallest absolute Gasteiger partial charge is 0.323 e. The number of rotatable bonds is 6. The quantitative estimate of drug-likeness (QED) is 0.622. The first-order valence-corrected chi connectivity index (χ1v) is 9.63. The van der Waals surface area contributed by atoms with E-state index < -0.39 is 0 Å². The van der Waals surface area contributed by atoms with Gasteiger partial charge >= 0.3 is 6.03 Å². The molecule has 2 aromatic carbocycles. The third kappa shape index (κ3) is 5.95. The van der Waals surface area contributed by atoms with E-state index in [1.54, 1.807) is 24.3 Å². The summed E-state index contributed by atoms with van der Waals surface area (Å²) in [6, 6.07) is 14.2. The van der Waals surface area contributed by atoms with Crippen LogP contribution in [0.1, 0.15) is 38.5 Å². The van der Waals surface area contributed by atoms with Crippen LogP contribution >= 0.6 is 11.6 Å². The largest absolute Gasteiger partial charge is 0.494 e. The Kier molecular flexibility index (Phi) is 6.78. The Hall–Kier alpha value is -2.20. The minimum atomic E-state index is -0.307. The molecule has 0 radical (unpaired) electrons. The number of halogens is 1. The van der Waals surface area contributed by atoms with E-state index in [-0.39, 0.29) is 6.03 Å². The number of urea groups is 1. The van der Waals surface area contributed by atoms with Gasteiger partial charge in [-0.3, -0.25) is 0 Å². The van der Waals surface area contributed by atoms with Crippen LogP contribution in [0, 0.1) is 5.92 Å². The molecule has 1 saturated carbocycles. The Morgan fingerprint density at radius 3 is 2.46 bits per heavy atom. The van der Waals surface area contributed by atoms with Crippen LogP contribution in [-0.4, -0.2) is 12.6 Å². The van der Waals surface area contributed by atoms with E-state index in [4.69, 9.17) is 16.3 Å². The van der Waals surface area contributed by atoms with Crippen molar-refractivity contribution in [2.45, 2.75) is 38.5 Å². The van der Waals surface area contributed by atoms with Crippen molar-refractivity contribution in [1.29, 1.82) is 0 Å². The van der Waals surface area contributed by atoms with Crippen molar-refractivity contribution in [3.63, 3.8) is 0 Å². The maximum atomic E-state index is 12.0. The molecular formula is C21H25ClN2O2. The van der Waals surface area contributed by atoms with Crippen molar-refractivity contribution in [1.82, 2.24) is 0 Å². The van der Waals surface area contributed by atoms with Crippen LogP contribution in [0.15, 0.2) is 48.5 Å². The number of amides is 2. The lowest BCUT2D eigenvalue weighted by atomic mass is 9.87. The van der Waals surface area contributed by atoms with E-state index in [1.165, 1.54) is 32.1 Å². The van der Waals surface area contributed by atoms with Gasteiger partial charge in [0.2, 0.25) is 0 Å². The Bertz CT molecular complexity index is 712. The predicted molar refractivity (Wildman–Crippen MR) is 107 cm³/mol. The Balaban J connectivity index is 1.42. The topological polar surface area (TPSA) is 50.4 Å². The minimum absolute atomic E-state index is 0.307. The van der Waals surface area contributed by atoms with Crippen molar-refractivity contribution in [3.05, 3.63) is 53.6 Å². The van der Waals surface area contributed by atoms with Gasteiger partial charge in [0.05, 0.1) is 6.61 Å². The number of nitrogens with one attached hydrogen (secondary N) is 2. The maximum Gasteiger partial charge on any atom is 0.323 e. The van der Waals surface area contributed by atoms with Gasteiger partial charge in [-0.05, 0) is 54.8 Å². The number of carbonyl (C=O) groups excluding carboxylic acids is 1. The lowest BCUT2D eigenvalue weighted by Crippen LogP contribution is -2.19. The van der Waals surface area contributed by atoms with Crippen LogP contribution in [-0.2, 0) is 0 Å². The summed E-state index contributed by atoms with van der Waals surface area (Å²) in [7, 11) is 0. The molecular weight excluding hydrogens is 348 g/mol. The van der Waals surface area contributed by atoms with Gasteiger partial charge in [-0.25, -0.2) is 4.79 Å². The summed E-state index contributed by atoms with van der Waals surface area (Å²) in [5.74, 6) is 1.65. The summed E-state index contributed by atoms with van der Waals surface area (Å²) in [6.07, 6.45) is 7.92. The fourth-order valence-corrected chi connectivity index (χ4v) is 3.50. The van der Waals surface area contributed by atoms with Crippen LogP contribution in [0.25, 0.3) is 0 Å². The highest BCUT2D eigenvalue weighted by Crippen LogP contribution is 2.26. The molecule has 2 amide bonds. The third-order valence-electron chi connectivity index (χ3n) is 4.71. The number of carbonyl (C=O) groups is 1. The molecule has 0 bridgehead atoms. The van der Waals surface area contributed by atoms with Gasteiger partial charge in [0.15, 0.2) is 0 Å². The summed E-state index contributed by atoms with van der Waals surface area (Å²) in [5.41, 5.74) is 1.36. The predicted octanol–water partition coefficient (Wildman–Crippen LogP) is 6.33. The van der Waals surface area contributed by atoms with Gasteiger partial charge in [-0.15, -0.1) is 0 Å². The minimum Gasteiger partial charge on any atom is -0.494 e. The van der Waals surface area contributed by atoms with Crippen LogP contribution in [0.4, 0.5) is 16.2 Å². The molecule has 5 heteroatoms. The van der Waals surface area contributed by atoms with E-state index in [2.05, 4.69) is 10.6 Å². The van der Waals surface area contributed by atoms with Gasteiger partial charge in [-0.1, -0.05) is 49.8 Å². The summed E-state index contributed by atoms with van der Waals surface area (Å²) >= 11 is 5.91. The summed E-state index contributed by atoms with van der Waals surface area (Å²) in [5, 5.41) is 6.13. The Morgan fingerprint density at radius 1 is 1.00 bits per heavy atom. The van der Waals surface area contributed by atoms with Gasteiger partial charge < -0.3 is 15.4 Å². The molecule has 138 valence electrons. The first kappa shape index (κ1) is 18.6. The summed E-state index contributed by atoms with van der Waals surface area (Å²) < 4.78 is 5.83. The molecule has 0 aromatic heterocycles. The van der Waals surface area contributed by atoms with Crippen molar-refractivity contribution in [3.8, 4) is 5.75 Å². The van der Waals surface area contributed by atoms with E-state index in [9.17, 15) is 4.79 Å². The zero-order chi connectivity index (χ0) is 18.2. The van der Waals surface area contributed by atoms with Gasteiger partial charge in [-0.2, -0.15) is 0 Å². The van der Waals surface area contributed by atoms with E-state index >= 15 is 0 Å². The fraction of sp³-hybridized carbons (Fsp3) is 0.381. The number of hydrogen-bond donors (Lipinski definition) is 2. The highest BCUT2D eigenvalue weighted by atomic mass is 35.5. The summed E-state index contributed by atoms with van der Waals surface area (Å²) in [6.45, 7) is 0.757. The molecule has 26 heavy (non-hydrogen) atoms. The zero-order valence-corrected chi connectivity index (χ0v) is 15.6. The second-order valence-corrected chi connectivity index (χ2v) is 7.19. The first-order valence-electron chi connectivity index (χ1n) is 9.25. The SMILES string of the molecule is O=C(Nc1ccc(OCCC2CCCCC2)cc1)Nc1cccc(Cl)c1. The normalized spacial score (nSPS) is 14.7. The lowest BCUT2D eigenvalue weighted by molar-refractivity contribution is 0.246. The number of ether oxygens (including phenoxy) is 1. The van der Waals surface area contributed by atoms with E-state index in [1.807, 2.05) is 24.3 Å². The standard InChI is InChI=1S/C21H25ClN2O2/c22-17-7-4-8-19(15-17)24-21(25)23-18-9-11-20(12-10-18)26-14-13-16-5-2-1-3-6-16/h4,7-12,15-16H,1-3,5-6,13-14H2,(H2,23,24,25). The molecule has 1 fully saturated rings. The van der Waals surface area contributed by atoms with Crippen molar-refractivity contribution < 1.29 is 9.53 Å². The summed E-state index contributed by atoms with van der Waals surface area (Å²) in [4.78, 5) is 12.0. The van der Waals surface area contributed by atoms with Crippen LogP contribution in [0.5, 0.6) is 5.75 Å². The second kappa shape index (κ2) is 9.48. The second-order valence-electron chi connectivity index (χ2n) is 6.76. The van der Waals surface area contributed by atoms with E-state index in [0.717, 1.165) is 24.7 Å². The highest BCUT2D eigenvalue weighted by Gasteiger charge is 2.13. The third-order valence-corrected chi connectivity index (χ3v) is 4.95. The lowest BCUT2D eigenvalue weighted by Gasteiger charge is -2.21.